The number of carbonyl (C=O) groups is 2. The average Bonchev–Trinajstić information content (AvgIpc) is 1.82. The summed E-state index contributed by atoms with van der Waals surface area (Å²) in [7, 11) is 0. The number of rotatable bonds is 2. The van der Waals surface area contributed by atoms with E-state index in [9.17, 15) is 9.59 Å². The molecule has 0 aliphatic carbocycles. The van der Waals surface area contributed by atoms with Crippen LogP contribution in [0.1, 0.15) is 27.7 Å². The van der Waals surface area contributed by atoms with Crippen molar-refractivity contribution >= 4 is 11.9 Å². The molecule has 0 atom stereocenters. The Hall–Kier alpha value is -1.06. The molecule has 70 valence electrons. The van der Waals surface area contributed by atoms with E-state index in [0.29, 0.717) is 0 Å². The second kappa shape index (κ2) is 2.77. The lowest BCUT2D eigenvalue weighted by atomic mass is 9.68. The highest BCUT2D eigenvalue weighted by molar-refractivity contribution is 5.98. The van der Waals surface area contributed by atoms with E-state index in [1.54, 1.807) is 20.8 Å². The Morgan fingerprint density at radius 3 is 1.17 bits per heavy atom. The van der Waals surface area contributed by atoms with Crippen LogP contribution in [0.5, 0.6) is 0 Å². The van der Waals surface area contributed by atoms with Crippen molar-refractivity contribution in [3.05, 3.63) is 0 Å². The second-order valence-electron chi connectivity index (χ2n) is 3.99. The standard InChI is InChI=1S/C8H14O4/c1-7(2,3)8(4,5(9)10)6(11)12/h1-4H3,(H,9,10)(H,11,12). The molecule has 0 rings (SSSR count). The molecule has 0 aromatic heterocycles. The molecular weight excluding hydrogens is 160 g/mol. The van der Waals surface area contributed by atoms with Gasteiger partial charge in [0.05, 0.1) is 0 Å². The fourth-order valence-electron chi connectivity index (χ4n) is 0.733. The summed E-state index contributed by atoms with van der Waals surface area (Å²) < 4.78 is 0. The minimum absolute atomic E-state index is 0.801. The number of carboxylic acid groups (broad SMARTS) is 2. The van der Waals surface area contributed by atoms with Crippen molar-refractivity contribution in [3.8, 4) is 0 Å². The lowest BCUT2D eigenvalue weighted by Gasteiger charge is -2.33. The first-order valence-corrected chi connectivity index (χ1v) is 3.61. The molecule has 0 fully saturated rings. The third kappa shape index (κ3) is 1.42. The Bertz CT molecular complexity index is 198. The molecule has 0 unspecified atom stereocenters. The molecule has 0 radical (unpaired) electrons. The van der Waals surface area contributed by atoms with E-state index in [2.05, 4.69) is 0 Å². The molecule has 0 heterocycles. The first-order valence-electron chi connectivity index (χ1n) is 3.61. The third-order valence-corrected chi connectivity index (χ3v) is 2.36. The predicted molar refractivity (Wildman–Crippen MR) is 42.8 cm³/mol. The SMILES string of the molecule is CC(C)(C)C(C)(C(=O)O)C(=O)O. The van der Waals surface area contributed by atoms with Gasteiger partial charge in [0.25, 0.3) is 0 Å². The van der Waals surface area contributed by atoms with Gasteiger partial charge in [-0.3, -0.25) is 9.59 Å². The van der Waals surface area contributed by atoms with Crippen LogP contribution in [0.4, 0.5) is 0 Å². The monoisotopic (exact) mass is 174 g/mol. The summed E-state index contributed by atoms with van der Waals surface area (Å²) in [5, 5.41) is 17.5. The average molecular weight is 174 g/mol. The molecule has 0 aliphatic rings. The van der Waals surface area contributed by atoms with E-state index in [-0.39, 0.29) is 0 Å². The van der Waals surface area contributed by atoms with Crippen LogP contribution in [0.2, 0.25) is 0 Å². The van der Waals surface area contributed by atoms with Gasteiger partial charge in [0.2, 0.25) is 0 Å². The number of hydrogen-bond acceptors (Lipinski definition) is 2. The highest BCUT2D eigenvalue weighted by Gasteiger charge is 2.51. The molecule has 4 heteroatoms. The van der Waals surface area contributed by atoms with E-state index in [4.69, 9.17) is 10.2 Å². The van der Waals surface area contributed by atoms with Crippen LogP contribution in [0.3, 0.4) is 0 Å². The Morgan fingerprint density at radius 1 is 0.917 bits per heavy atom. The Morgan fingerprint density at radius 2 is 1.17 bits per heavy atom. The predicted octanol–water partition coefficient (Wildman–Crippen LogP) is 1.21. The van der Waals surface area contributed by atoms with Crippen LogP contribution < -0.4 is 0 Å². The topological polar surface area (TPSA) is 74.6 Å². The molecule has 0 saturated heterocycles. The van der Waals surface area contributed by atoms with E-state index < -0.39 is 22.8 Å². The van der Waals surface area contributed by atoms with Gasteiger partial charge >= 0.3 is 11.9 Å². The maximum atomic E-state index is 10.7. The maximum absolute atomic E-state index is 10.7. The highest BCUT2D eigenvalue weighted by atomic mass is 16.4. The van der Waals surface area contributed by atoms with Gasteiger partial charge in [-0.2, -0.15) is 0 Å². The summed E-state index contributed by atoms with van der Waals surface area (Å²) in [6, 6.07) is 0. The quantitative estimate of drug-likeness (QED) is 0.617. The van der Waals surface area contributed by atoms with Gasteiger partial charge in [-0.1, -0.05) is 20.8 Å². The molecular formula is C8H14O4. The first kappa shape index (κ1) is 10.9. The molecule has 0 aromatic carbocycles. The Kier molecular flexibility index (Phi) is 2.52. The fraction of sp³-hybridized carbons (Fsp3) is 0.750. The summed E-state index contributed by atoms with van der Waals surface area (Å²) in [6.45, 7) is 6.00. The molecule has 0 aromatic rings. The van der Waals surface area contributed by atoms with Gasteiger partial charge < -0.3 is 10.2 Å². The van der Waals surface area contributed by atoms with Crippen molar-refractivity contribution < 1.29 is 19.8 Å². The number of carboxylic acids is 2. The lowest BCUT2D eigenvalue weighted by molar-refractivity contribution is -0.171. The zero-order chi connectivity index (χ0) is 10.2. The van der Waals surface area contributed by atoms with E-state index in [1.165, 1.54) is 6.92 Å². The molecule has 4 nitrogen and oxygen atoms in total. The zero-order valence-electron chi connectivity index (χ0n) is 7.71. The van der Waals surface area contributed by atoms with Crippen molar-refractivity contribution in [2.75, 3.05) is 0 Å². The van der Waals surface area contributed by atoms with Gasteiger partial charge in [-0.25, -0.2) is 0 Å². The molecule has 0 aliphatic heterocycles. The zero-order valence-corrected chi connectivity index (χ0v) is 7.71. The lowest BCUT2D eigenvalue weighted by Crippen LogP contribution is -2.46. The Balaban J connectivity index is 5.17. The van der Waals surface area contributed by atoms with Crippen molar-refractivity contribution in [1.29, 1.82) is 0 Å². The summed E-state index contributed by atoms with van der Waals surface area (Å²) in [5.74, 6) is -2.61. The van der Waals surface area contributed by atoms with Crippen LogP contribution in [0.25, 0.3) is 0 Å². The molecule has 0 spiro atoms. The summed E-state index contributed by atoms with van der Waals surface area (Å²) in [4.78, 5) is 21.5. The Labute approximate surface area is 71.2 Å². The number of hydrogen-bond donors (Lipinski definition) is 2. The fourth-order valence-corrected chi connectivity index (χ4v) is 0.733. The number of aliphatic carboxylic acids is 2. The largest absolute Gasteiger partial charge is 0.480 e. The highest BCUT2D eigenvalue weighted by Crippen LogP contribution is 2.38. The van der Waals surface area contributed by atoms with Crippen LogP contribution in [0, 0.1) is 10.8 Å². The van der Waals surface area contributed by atoms with Gasteiger partial charge in [-0.05, 0) is 12.3 Å². The molecule has 0 saturated carbocycles. The minimum Gasteiger partial charge on any atom is -0.480 e. The molecule has 0 bridgehead atoms. The van der Waals surface area contributed by atoms with Crippen LogP contribution in [-0.4, -0.2) is 22.2 Å². The minimum atomic E-state index is -1.73. The summed E-state index contributed by atoms with van der Waals surface area (Å²) in [6.07, 6.45) is 0. The summed E-state index contributed by atoms with van der Waals surface area (Å²) in [5.41, 5.74) is -2.53. The molecule has 2 N–H and O–H groups in total. The normalized spacial score (nSPS) is 12.7. The third-order valence-electron chi connectivity index (χ3n) is 2.36. The molecule has 0 amide bonds. The van der Waals surface area contributed by atoms with Crippen LogP contribution in [-0.2, 0) is 9.59 Å². The van der Waals surface area contributed by atoms with E-state index in [1.807, 2.05) is 0 Å². The van der Waals surface area contributed by atoms with E-state index in [0.717, 1.165) is 0 Å². The van der Waals surface area contributed by atoms with Crippen molar-refractivity contribution in [2.24, 2.45) is 10.8 Å². The molecule has 12 heavy (non-hydrogen) atoms. The van der Waals surface area contributed by atoms with Crippen LogP contribution >= 0.6 is 0 Å². The van der Waals surface area contributed by atoms with Crippen molar-refractivity contribution in [1.82, 2.24) is 0 Å². The van der Waals surface area contributed by atoms with Crippen molar-refractivity contribution in [3.63, 3.8) is 0 Å². The maximum Gasteiger partial charge on any atom is 0.321 e. The first-order chi connectivity index (χ1) is 5.14. The van der Waals surface area contributed by atoms with Crippen LogP contribution in [0.15, 0.2) is 0 Å². The smallest absolute Gasteiger partial charge is 0.321 e. The van der Waals surface area contributed by atoms with E-state index >= 15 is 0 Å². The van der Waals surface area contributed by atoms with Gasteiger partial charge in [0.15, 0.2) is 5.41 Å². The van der Waals surface area contributed by atoms with Crippen molar-refractivity contribution in [2.45, 2.75) is 27.7 Å². The van der Waals surface area contributed by atoms with Gasteiger partial charge in [0.1, 0.15) is 0 Å². The summed E-state index contributed by atoms with van der Waals surface area (Å²) >= 11 is 0. The van der Waals surface area contributed by atoms with Gasteiger partial charge in [0, 0.05) is 0 Å². The van der Waals surface area contributed by atoms with Gasteiger partial charge in [-0.15, -0.1) is 0 Å². The second-order valence-corrected chi connectivity index (χ2v) is 3.99.